The van der Waals surface area contributed by atoms with E-state index in [9.17, 15) is 9.90 Å². The molecule has 0 fully saturated rings. The molecule has 1 aromatic carbocycles. The second kappa shape index (κ2) is 5.71. The molecule has 0 aliphatic rings. The van der Waals surface area contributed by atoms with Crippen LogP contribution < -0.4 is 4.74 Å². The van der Waals surface area contributed by atoms with Crippen molar-refractivity contribution in [3.8, 4) is 5.75 Å². The van der Waals surface area contributed by atoms with Crippen molar-refractivity contribution in [2.75, 3.05) is 6.61 Å². The zero-order valence-corrected chi connectivity index (χ0v) is 12.2. The van der Waals surface area contributed by atoms with Crippen LogP contribution in [-0.2, 0) is 0 Å². The van der Waals surface area contributed by atoms with Gasteiger partial charge in [0.15, 0.2) is 0 Å². The first-order valence-electron chi connectivity index (χ1n) is 5.65. The van der Waals surface area contributed by atoms with Crippen LogP contribution in [0.25, 0.3) is 0 Å². The molecule has 0 spiro atoms. The van der Waals surface area contributed by atoms with Gasteiger partial charge in [-0.2, -0.15) is 0 Å². The zero-order valence-electron chi connectivity index (χ0n) is 10.7. The molecule has 0 radical (unpaired) electrons. The summed E-state index contributed by atoms with van der Waals surface area (Å²) in [6.07, 6.45) is 0.533. The predicted molar refractivity (Wildman–Crippen MR) is 72.2 cm³/mol. The van der Waals surface area contributed by atoms with Crippen LogP contribution >= 0.6 is 15.9 Å². The molecule has 0 saturated heterocycles. The van der Waals surface area contributed by atoms with Crippen LogP contribution in [-0.4, -0.2) is 28.4 Å². The normalized spacial score (nSPS) is 14.1. The lowest BCUT2D eigenvalue weighted by Crippen LogP contribution is -2.31. The Hall–Kier alpha value is -1.07. The average molecular weight is 317 g/mol. The Labute approximate surface area is 115 Å². The maximum Gasteiger partial charge on any atom is 0.339 e. The van der Waals surface area contributed by atoms with Gasteiger partial charge in [-0.1, -0.05) is 22.9 Å². The maximum absolute atomic E-state index is 11.2. The topological polar surface area (TPSA) is 66.8 Å². The summed E-state index contributed by atoms with van der Waals surface area (Å²) in [4.78, 5) is 11.2. The molecule has 0 aliphatic carbocycles. The smallest absolute Gasteiger partial charge is 0.339 e. The van der Waals surface area contributed by atoms with Gasteiger partial charge < -0.3 is 14.9 Å². The lowest BCUT2D eigenvalue weighted by molar-refractivity contribution is 0.00768. The number of carboxylic acids is 1. The number of carboxylic acid groups (broad SMARTS) is 1. The lowest BCUT2D eigenvalue weighted by atomic mass is 10.1. The van der Waals surface area contributed by atoms with E-state index in [4.69, 9.17) is 9.84 Å². The molecule has 2 N–H and O–H groups in total. The maximum atomic E-state index is 11.2. The third-order valence-corrected chi connectivity index (χ3v) is 3.22. The summed E-state index contributed by atoms with van der Waals surface area (Å²) in [6, 6.07) is 3.27. The number of hydrogen-bond acceptors (Lipinski definition) is 3. The minimum atomic E-state index is -1.05. The number of benzene rings is 1. The van der Waals surface area contributed by atoms with Crippen molar-refractivity contribution in [1.82, 2.24) is 0 Å². The van der Waals surface area contributed by atoms with Gasteiger partial charge in [0.05, 0.1) is 5.60 Å². The van der Waals surface area contributed by atoms with Gasteiger partial charge in [-0.25, -0.2) is 4.79 Å². The third-order valence-electron chi connectivity index (χ3n) is 2.76. The number of hydrogen-bond donors (Lipinski definition) is 2. The number of aliphatic hydroxyl groups is 1. The molecule has 1 rings (SSSR count). The van der Waals surface area contributed by atoms with Crippen molar-refractivity contribution >= 4 is 21.9 Å². The summed E-state index contributed by atoms with van der Waals surface area (Å²) in [6.45, 7) is 5.33. The highest BCUT2D eigenvalue weighted by Crippen LogP contribution is 2.29. The highest BCUT2D eigenvalue weighted by molar-refractivity contribution is 9.10. The summed E-state index contributed by atoms with van der Waals surface area (Å²) in [5, 5.41) is 19.0. The highest BCUT2D eigenvalue weighted by Gasteiger charge is 2.21. The van der Waals surface area contributed by atoms with Crippen molar-refractivity contribution in [2.24, 2.45) is 0 Å². The van der Waals surface area contributed by atoms with Crippen LogP contribution in [0.5, 0.6) is 5.75 Å². The van der Waals surface area contributed by atoms with E-state index in [2.05, 4.69) is 15.9 Å². The summed E-state index contributed by atoms with van der Waals surface area (Å²) in [5.74, 6) is -0.745. The van der Waals surface area contributed by atoms with E-state index in [1.807, 2.05) is 6.92 Å². The molecular weight excluding hydrogens is 300 g/mol. The molecule has 4 nitrogen and oxygen atoms in total. The van der Waals surface area contributed by atoms with Crippen molar-refractivity contribution < 1.29 is 19.7 Å². The van der Waals surface area contributed by atoms with Gasteiger partial charge in [-0.15, -0.1) is 0 Å². The Morgan fingerprint density at radius 3 is 2.61 bits per heavy atom. The van der Waals surface area contributed by atoms with E-state index < -0.39 is 11.6 Å². The van der Waals surface area contributed by atoms with Gasteiger partial charge in [-0.3, -0.25) is 0 Å². The Morgan fingerprint density at radius 1 is 1.50 bits per heavy atom. The molecule has 18 heavy (non-hydrogen) atoms. The molecule has 0 amide bonds. The second-order valence-corrected chi connectivity index (χ2v) is 5.46. The van der Waals surface area contributed by atoms with E-state index >= 15 is 0 Å². The highest BCUT2D eigenvalue weighted by atomic mass is 79.9. The molecule has 1 unspecified atom stereocenters. The van der Waals surface area contributed by atoms with Gasteiger partial charge in [0, 0.05) is 4.47 Å². The van der Waals surface area contributed by atoms with Crippen molar-refractivity contribution in [3.63, 3.8) is 0 Å². The number of carbonyl (C=O) groups is 1. The number of aromatic carboxylic acids is 1. The Bertz CT molecular complexity index is 455. The Morgan fingerprint density at radius 2 is 2.11 bits per heavy atom. The molecule has 0 aliphatic heterocycles. The minimum absolute atomic E-state index is 0.0618. The number of rotatable bonds is 5. The molecule has 5 heteroatoms. The molecular formula is C13H17BrO4. The van der Waals surface area contributed by atoms with Crippen molar-refractivity contribution in [3.05, 3.63) is 27.7 Å². The minimum Gasteiger partial charge on any atom is -0.489 e. The summed E-state index contributed by atoms with van der Waals surface area (Å²) in [7, 11) is 0. The fraction of sp³-hybridized carbons (Fsp3) is 0.462. The van der Waals surface area contributed by atoms with E-state index in [0.29, 0.717) is 22.2 Å². The van der Waals surface area contributed by atoms with Crippen LogP contribution in [0.2, 0.25) is 0 Å². The number of halogens is 1. The largest absolute Gasteiger partial charge is 0.489 e. The molecule has 0 aromatic heterocycles. The molecule has 1 aromatic rings. The molecule has 0 saturated carbocycles. The van der Waals surface area contributed by atoms with E-state index in [1.54, 1.807) is 19.9 Å². The summed E-state index contributed by atoms with van der Waals surface area (Å²) < 4.78 is 6.18. The fourth-order valence-corrected chi connectivity index (χ4v) is 1.98. The van der Waals surface area contributed by atoms with Crippen LogP contribution in [0.1, 0.15) is 36.2 Å². The first-order valence-corrected chi connectivity index (χ1v) is 6.45. The summed E-state index contributed by atoms with van der Waals surface area (Å²) in [5.41, 5.74) is -0.155. The van der Waals surface area contributed by atoms with Gasteiger partial charge in [0.2, 0.25) is 0 Å². The van der Waals surface area contributed by atoms with E-state index in [-0.39, 0.29) is 12.2 Å². The van der Waals surface area contributed by atoms with Crippen molar-refractivity contribution in [1.29, 1.82) is 0 Å². The average Bonchev–Trinajstić information content (AvgIpc) is 2.26. The monoisotopic (exact) mass is 316 g/mol. The Kier molecular flexibility index (Phi) is 4.76. The lowest BCUT2D eigenvalue weighted by Gasteiger charge is -2.23. The Balaban J connectivity index is 3.04. The van der Waals surface area contributed by atoms with Gasteiger partial charge >= 0.3 is 5.97 Å². The van der Waals surface area contributed by atoms with Crippen LogP contribution in [0.3, 0.4) is 0 Å². The predicted octanol–water partition coefficient (Wildman–Crippen LogP) is 3.00. The number of ether oxygens (including phenoxy) is 1. The van der Waals surface area contributed by atoms with Gasteiger partial charge in [-0.05, 0) is 38.0 Å². The van der Waals surface area contributed by atoms with E-state index in [0.717, 1.165) is 0 Å². The first kappa shape index (κ1) is 15.0. The first-order chi connectivity index (χ1) is 8.26. The molecule has 1 atom stereocenters. The van der Waals surface area contributed by atoms with E-state index in [1.165, 1.54) is 6.07 Å². The summed E-state index contributed by atoms with van der Waals surface area (Å²) >= 11 is 3.25. The van der Waals surface area contributed by atoms with Crippen LogP contribution in [0.15, 0.2) is 16.6 Å². The zero-order chi connectivity index (χ0) is 13.9. The van der Waals surface area contributed by atoms with Gasteiger partial charge in [0.25, 0.3) is 0 Å². The third kappa shape index (κ3) is 3.71. The molecule has 100 valence electrons. The quantitative estimate of drug-likeness (QED) is 0.876. The number of aryl methyl sites for hydroxylation is 1. The molecule has 0 bridgehead atoms. The second-order valence-electron chi connectivity index (χ2n) is 4.54. The van der Waals surface area contributed by atoms with Gasteiger partial charge in [0.1, 0.15) is 17.9 Å². The van der Waals surface area contributed by atoms with Crippen LogP contribution in [0, 0.1) is 6.92 Å². The van der Waals surface area contributed by atoms with Crippen LogP contribution in [0.4, 0.5) is 0 Å². The SMILES string of the molecule is CCC(C)(O)COc1c(C)cc(Br)cc1C(=O)O. The molecule has 0 heterocycles. The van der Waals surface area contributed by atoms with Crippen molar-refractivity contribution in [2.45, 2.75) is 32.8 Å². The fourth-order valence-electron chi connectivity index (χ4n) is 1.41. The standard InChI is InChI=1S/C13H17BrO4/c1-4-13(3,17)7-18-11-8(2)5-9(14)6-10(11)12(15)16/h5-6,17H,4,7H2,1-3H3,(H,15,16).